The quantitative estimate of drug-likeness (QED) is 0.499. The van der Waals surface area contributed by atoms with Gasteiger partial charge in [0.05, 0.1) is 17.2 Å². The monoisotopic (exact) mass is 258 g/mol. The summed E-state index contributed by atoms with van der Waals surface area (Å²) in [5.41, 5.74) is 8.43. The van der Waals surface area contributed by atoms with E-state index in [1.807, 2.05) is 19.1 Å². The SMILES string of the molecule is Cc1cccnc1CNc1ccc([N+](=O)[O-])c(N)c1. The van der Waals surface area contributed by atoms with Crippen molar-refractivity contribution in [2.75, 3.05) is 11.1 Å². The van der Waals surface area contributed by atoms with Crippen LogP contribution >= 0.6 is 0 Å². The molecule has 0 unspecified atom stereocenters. The molecule has 0 aliphatic heterocycles. The van der Waals surface area contributed by atoms with E-state index in [1.54, 1.807) is 18.3 Å². The van der Waals surface area contributed by atoms with Gasteiger partial charge in [-0.25, -0.2) is 0 Å². The molecule has 19 heavy (non-hydrogen) atoms. The number of aromatic nitrogens is 1. The van der Waals surface area contributed by atoms with E-state index >= 15 is 0 Å². The smallest absolute Gasteiger partial charge is 0.292 e. The second-order valence-electron chi connectivity index (χ2n) is 4.15. The summed E-state index contributed by atoms with van der Waals surface area (Å²) >= 11 is 0. The highest BCUT2D eigenvalue weighted by Crippen LogP contribution is 2.24. The summed E-state index contributed by atoms with van der Waals surface area (Å²) in [6.45, 7) is 2.53. The van der Waals surface area contributed by atoms with Crippen LogP contribution in [0, 0.1) is 17.0 Å². The van der Waals surface area contributed by atoms with Gasteiger partial charge in [0.2, 0.25) is 0 Å². The summed E-state index contributed by atoms with van der Waals surface area (Å²) in [7, 11) is 0. The van der Waals surface area contributed by atoms with E-state index in [0.717, 1.165) is 16.9 Å². The second kappa shape index (κ2) is 5.34. The average molecular weight is 258 g/mol. The van der Waals surface area contributed by atoms with Crippen molar-refractivity contribution in [1.29, 1.82) is 0 Å². The van der Waals surface area contributed by atoms with Gasteiger partial charge in [0, 0.05) is 18.0 Å². The maximum Gasteiger partial charge on any atom is 0.292 e. The number of nitro benzene ring substituents is 1. The van der Waals surface area contributed by atoms with Crippen molar-refractivity contribution in [3.05, 3.63) is 57.9 Å². The lowest BCUT2D eigenvalue weighted by molar-refractivity contribution is -0.383. The molecule has 0 fully saturated rings. The molecule has 0 atom stereocenters. The van der Waals surface area contributed by atoms with Crippen LogP contribution in [0.4, 0.5) is 17.1 Å². The van der Waals surface area contributed by atoms with Gasteiger partial charge < -0.3 is 11.1 Å². The van der Waals surface area contributed by atoms with Gasteiger partial charge in [-0.3, -0.25) is 15.1 Å². The number of hydrogen-bond acceptors (Lipinski definition) is 5. The number of nitrogens with two attached hydrogens (primary N) is 1. The topological polar surface area (TPSA) is 94.1 Å². The minimum absolute atomic E-state index is 0.0837. The van der Waals surface area contributed by atoms with E-state index in [9.17, 15) is 10.1 Å². The van der Waals surface area contributed by atoms with Crippen molar-refractivity contribution < 1.29 is 4.92 Å². The molecule has 2 rings (SSSR count). The Balaban J connectivity index is 2.11. The first-order chi connectivity index (χ1) is 9.08. The number of nitrogens with zero attached hydrogens (tertiary/aromatic N) is 2. The van der Waals surface area contributed by atoms with E-state index in [0.29, 0.717) is 6.54 Å². The fourth-order valence-corrected chi connectivity index (χ4v) is 1.72. The lowest BCUT2D eigenvalue weighted by Crippen LogP contribution is -2.04. The zero-order chi connectivity index (χ0) is 13.8. The molecule has 1 aromatic carbocycles. The molecule has 6 heteroatoms. The van der Waals surface area contributed by atoms with Gasteiger partial charge in [0.25, 0.3) is 5.69 Å². The van der Waals surface area contributed by atoms with Crippen LogP contribution in [-0.2, 0) is 6.54 Å². The van der Waals surface area contributed by atoms with E-state index in [2.05, 4.69) is 10.3 Å². The lowest BCUT2D eigenvalue weighted by Gasteiger charge is -2.08. The van der Waals surface area contributed by atoms with Crippen LogP contribution in [-0.4, -0.2) is 9.91 Å². The third-order valence-electron chi connectivity index (χ3n) is 2.80. The zero-order valence-electron chi connectivity index (χ0n) is 10.5. The van der Waals surface area contributed by atoms with Crippen LogP contribution in [0.1, 0.15) is 11.3 Å². The molecule has 0 amide bonds. The summed E-state index contributed by atoms with van der Waals surface area (Å²) in [6, 6.07) is 8.43. The normalized spacial score (nSPS) is 10.2. The molecule has 0 radical (unpaired) electrons. The molecule has 0 aliphatic carbocycles. The number of pyridine rings is 1. The molecule has 0 saturated carbocycles. The Morgan fingerprint density at radius 1 is 1.42 bits per heavy atom. The molecule has 0 spiro atoms. The Hall–Kier alpha value is -2.63. The van der Waals surface area contributed by atoms with Crippen LogP contribution in [0.2, 0.25) is 0 Å². The summed E-state index contributed by atoms with van der Waals surface area (Å²) < 4.78 is 0. The fraction of sp³-hybridized carbons (Fsp3) is 0.154. The molecular weight excluding hydrogens is 244 g/mol. The van der Waals surface area contributed by atoms with Gasteiger partial charge in [0.15, 0.2) is 0 Å². The maximum atomic E-state index is 10.7. The van der Waals surface area contributed by atoms with E-state index < -0.39 is 4.92 Å². The zero-order valence-corrected chi connectivity index (χ0v) is 10.5. The second-order valence-corrected chi connectivity index (χ2v) is 4.15. The van der Waals surface area contributed by atoms with Crippen LogP contribution in [0.25, 0.3) is 0 Å². The van der Waals surface area contributed by atoms with E-state index in [4.69, 9.17) is 5.73 Å². The van der Waals surface area contributed by atoms with Crippen LogP contribution in [0.5, 0.6) is 0 Å². The first-order valence-corrected chi connectivity index (χ1v) is 5.76. The molecule has 1 aromatic heterocycles. The number of nitro groups is 1. The Bertz CT molecular complexity index is 613. The molecule has 6 nitrogen and oxygen atoms in total. The third kappa shape index (κ3) is 2.98. The van der Waals surface area contributed by atoms with Crippen LogP contribution in [0.15, 0.2) is 36.5 Å². The number of hydrogen-bond donors (Lipinski definition) is 2. The van der Waals surface area contributed by atoms with Crippen molar-refractivity contribution in [2.24, 2.45) is 0 Å². The predicted molar refractivity (Wildman–Crippen MR) is 73.8 cm³/mol. The Morgan fingerprint density at radius 2 is 2.21 bits per heavy atom. The molecular formula is C13H14N4O2. The van der Waals surface area contributed by atoms with E-state index in [1.165, 1.54) is 6.07 Å². The van der Waals surface area contributed by atoms with Crippen molar-refractivity contribution in [2.45, 2.75) is 13.5 Å². The standard InChI is InChI=1S/C13H14N4O2/c1-9-3-2-6-15-12(9)8-16-10-4-5-13(17(18)19)11(14)7-10/h2-7,16H,8,14H2,1H3. The number of benzene rings is 1. The van der Waals surface area contributed by atoms with Gasteiger partial charge in [-0.1, -0.05) is 6.07 Å². The molecule has 2 aromatic rings. The number of nitrogen functional groups attached to an aromatic ring is 1. The first-order valence-electron chi connectivity index (χ1n) is 5.76. The summed E-state index contributed by atoms with van der Waals surface area (Å²) in [5, 5.41) is 13.8. The largest absolute Gasteiger partial charge is 0.393 e. The predicted octanol–water partition coefficient (Wildman–Crippen LogP) is 2.49. The molecule has 98 valence electrons. The van der Waals surface area contributed by atoms with Crippen LogP contribution in [0.3, 0.4) is 0 Å². The summed E-state index contributed by atoms with van der Waals surface area (Å²) in [4.78, 5) is 14.4. The molecule has 0 aliphatic rings. The van der Waals surface area contributed by atoms with E-state index in [-0.39, 0.29) is 11.4 Å². The van der Waals surface area contributed by atoms with Crippen molar-refractivity contribution in [3.8, 4) is 0 Å². The third-order valence-corrected chi connectivity index (χ3v) is 2.80. The Morgan fingerprint density at radius 3 is 2.84 bits per heavy atom. The van der Waals surface area contributed by atoms with Gasteiger partial charge in [-0.05, 0) is 30.7 Å². The van der Waals surface area contributed by atoms with Gasteiger partial charge in [0.1, 0.15) is 5.69 Å². The number of rotatable bonds is 4. The maximum absolute atomic E-state index is 10.7. The van der Waals surface area contributed by atoms with Gasteiger partial charge >= 0.3 is 0 Å². The highest BCUT2D eigenvalue weighted by atomic mass is 16.6. The minimum atomic E-state index is -0.498. The highest BCUT2D eigenvalue weighted by Gasteiger charge is 2.11. The van der Waals surface area contributed by atoms with Crippen molar-refractivity contribution in [3.63, 3.8) is 0 Å². The number of aryl methyl sites for hydroxylation is 1. The van der Waals surface area contributed by atoms with Crippen molar-refractivity contribution >= 4 is 17.1 Å². The van der Waals surface area contributed by atoms with Gasteiger partial charge in [-0.2, -0.15) is 0 Å². The molecule has 0 bridgehead atoms. The van der Waals surface area contributed by atoms with Crippen LogP contribution < -0.4 is 11.1 Å². The lowest BCUT2D eigenvalue weighted by atomic mass is 10.2. The highest BCUT2D eigenvalue weighted by molar-refractivity contribution is 5.65. The Kier molecular flexibility index (Phi) is 3.61. The Labute approximate surface area is 110 Å². The minimum Gasteiger partial charge on any atom is -0.393 e. The summed E-state index contributed by atoms with van der Waals surface area (Å²) in [5.74, 6) is 0. The van der Waals surface area contributed by atoms with Crippen molar-refractivity contribution in [1.82, 2.24) is 4.98 Å². The molecule has 1 heterocycles. The fourth-order valence-electron chi connectivity index (χ4n) is 1.72. The molecule has 0 saturated heterocycles. The molecule has 3 N–H and O–H groups in total. The summed E-state index contributed by atoms with van der Waals surface area (Å²) in [6.07, 6.45) is 1.73. The average Bonchev–Trinajstić information content (AvgIpc) is 2.37. The first kappa shape index (κ1) is 12.8. The van der Waals surface area contributed by atoms with Gasteiger partial charge in [-0.15, -0.1) is 0 Å². The number of anilines is 2. The number of nitrogens with one attached hydrogen (secondary N) is 1.